The SMILES string of the molecule is COc1ccc2c(c1)[C@@]1(O[C@H](CC(=O)N(CCO)Cc3ccccc3)[C@@H]([Si](C)(C)F)[C@@H]1C)C(=O)N2c1ccccc1. The number of amides is 2. The van der Waals surface area contributed by atoms with Gasteiger partial charge < -0.3 is 23.6 Å². The fourth-order valence-corrected chi connectivity index (χ4v) is 9.12. The van der Waals surface area contributed by atoms with Crippen molar-refractivity contribution < 1.29 is 28.3 Å². The summed E-state index contributed by atoms with van der Waals surface area (Å²) in [4.78, 5) is 31.4. The first-order valence-electron chi connectivity index (χ1n) is 14.0. The molecule has 0 radical (unpaired) electrons. The normalized spacial score (nSPS) is 23.6. The quantitative estimate of drug-likeness (QED) is 0.267. The van der Waals surface area contributed by atoms with Crippen LogP contribution in [0.5, 0.6) is 5.75 Å². The summed E-state index contributed by atoms with van der Waals surface area (Å²) < 4.78 is 28.4. The van der Waals surface area contributed by atoms with Gasteiger partial charge in [-0.2, -0.15) is 0 Å². The van der Waals surface area contributed by atoms with Crippen LogP contribution in [-0.4, -0.2) is 56.6 Å². The Labute approximate surface area is 241 Å². The number of ether oxygens (including phenoxy) is 2. The van der Waals surface area contributed by atoms with Crippen molar-refractivity contribution >= 4 is 31.6 Å². The fraction of sp³-hybridized carbons (Fsp3) is 0.375. The summed E-state index contributed by atoms with van der Waals surface area (Å²) in [6.07, 6.45) is -0.915. The summed E-state index contributed by atoms with van der Waals surface area (Å²) in [7, 11) is -1.90. The number of aliphatic hydroxyl groups excluding tert-OH is 1. The van der Waals surface area contributed by atoms with Gasteiger partial charge in [-0.3, -0.25) is 14.5 Å². The highest BCUT2D eigenvalue weighted by Crippen LogP contribution is 2.61. The van der Waals surface area contributed by atoms with E-state index in [1.807, 2.05) is 73.7 Å². The van der Waals surface area contributed by atoms with E-state index < -0.39 is 31.6 Å². The van der Waals surface area contributed by atoms with Crippen molar-refractivity contribution in [1.82, 2.24) is 4.90 Å². The zero-order chi connectivity index (χ0) is 29.4. The average Bonchev–Trinajstić information content (AvgIpc) is 3.39. The van der Waals surface area contributed by atoms with Crippen LogP contribution in [0.25, 0.3) is 0 Å². The Morgan fingerprint density at radius 3 is 2.37 bits per heavy atom. The second-order valence-electron chi connectivity index (χ2n) is 11.4. The summed E-state index contributed by atoms with van der Waals surface area (Å²) >= 11 is 0. The van der Waals surface area contributed by atoms with Crippen LogP contribution in [0.2, 0.25) is 18.6 Å². The van der Waals surface area contributed by atoms with Crippen LogP contribution in [0.3, 0.4) is 0 Å². The molecule has 1 N–H and O–H groups in total. The minimum Gasteiger partial charge on any atom is -0.497 e. The summed E-state index contributed by atoms with van der Waals surface area (Å²) in [5, 5.41) is 9.71. The Morgan fingerprint density at radius 2 is 1.76 bits per heavy atom. The van der Waals surface area contributed by atoms with E-state index >= 15 is 4.11 Å². The number of benzene rings is 3. The number of hydrogen-bond donors (Lipinski definition) is 1. The fourth-order valence-electron chi connectivity index (χ4n) is 6.63. The highest BCUT2D eigenvalue weighted by atomic mass is 28.4. The minimum atomic E-state index is -3.46. The number of carbonyl (C=O) groups is 2. The van der Waals surface area contributed by atoms with E-state index in [1.54, 1.807) is 42.1 Å². The lowest BCUT2D eigenvalue weighted by molar-refractivity contribution is -0.149. The van der Waals surface area contributed by atoms with Crippen LogP contribution in [0.4, 0.5) is 15.5 Å². The summed E-state index contributed by atoms with van der Waals surface area (Å²) in [6, 6.07) is 24.3. The van der Waals surface area contributed by atoms with Crippen molar-refractivity contribution in [2.75, 3.05) is 25.2 Å². The van der Waals surface area contributed by atoms with Gasteiger partial charge in [0.05, 0.1) is 31.9 Å². The molecule has 2 amide bonds. The molecule has 1 fully saturated rings. The molecule has 3 aromatic carbocycles. The van der Waals surface area contributed by atoms with Crippen LogP contribution in [0, 0.1) is 5.92 Å². The number of methoxy groups -OCH3 is 1. The Kier molecular flexibility index (Phi) is 8.05. The maximum Gasteiger partial charge on any atom is 0.268 e. The lowest BCUT2D eigenvalue weighted by Crippen LogP contribution is -2.44. The van der Waals surface area contributed by atoms with E-state index in [2.05, 4.69) is 0 Å². The molecular weight excluding hydrogens is 539 g/mol. The number of halogens is 1. The molecular formula is C32H37FN2O5Si. The molecule has 4 atom stereocenters. The molecule has 2 aliphatic heterocycles. The Balaban J connectivity index is 1.55. The Morgan fingerprint density at radius 1 is 1.10 bits per heavy atom. The van der Waals surface area contributed by atoms with Gasteiger partial charge in [0.2, 0.25) is 14.3 Å². The molecule has 2 aliphatic rings. The van der Waals surface area contributed by atoms with Gasteiger partial charge in [-0.05, 0) is 49.0 Å². The average molecular weight is 577 g/mol. The first kappa shape index (κ1) is 29.0. The van der Waals surface area contributed by atoms with Crippen LogP contribution < -0.4 is 9.64 Å². The van der Waals surface area contributed by atoms with E-state index in [9.17, 15) is 14.7 Å². The van der Waals surface area contributed by atoms with E-state index in [1.165, 1.54) is 0 Å². The standard InChI is InChI=1S/C32H37FN2O5Si/c1-22-30(41(3,4)33)28(20-29(37)34(17-18-36)21-23-11-7-5-8-12-23)40-32(22)26-19-25(39-2)15-16-27(26)35(31(32)38)24-13-9-6-10-14-24/h5-16,19,22,28,30,36H,17-18,20-21H2,1-4H3/t22-,28+,30-,32+/m0/s1. The molecule has 3 aromatic rings. The first-order chi connectivity index (χ1) is 19.6. The zero-order valence-electron chi connectivity index (χ0n) is 23.9. The predicted octanol–water partition coefficient (Wildman–Crippen LogP) is 5.56. The molecule has 5 rings (SSSR count). The van der Waals surface area contributed by atoms with Gasteiger partial charge in [-0.15, -0.1) is 0 Å². The number of nitrogens with zero attached hydrogens (tertiary/aromatic N) is 2. The lowest BCUT2D eigenvalue weighted by atomic mass is 9.82. The van der Waals surface area contributed by atoms with Gasteiger partial charge in [-0.1, -0.05) is 55.5 Å². The molecule has 0 aromatic heterocycles. The third kappa shape index (κ3) is 5.18. The van der Waals surface area contributed by atoms with E-state index in [0.29, 0.717) is 29.2 Å². The first-order valence-corrected chi connectivity index (χ1v) is 16.9. The van der Waals surface area contributed by atoms with Crippen molar-refractivity contribution in [3.05, 3.63) is 90.0 Å². The van der Waals surface area contributed by atoms with Gasteiger partial charge in [0.1, 0.15) is 5.75 Å². The highest BCUT2D eigenvalue weighted by Gasteiger charge is 2.67. The smallest absolute Gasteiger partial charge is 0.268 e. The molecule has 216 valence electrons. The minimum absolute atomic E-state index is 0.0954. The molecule has 41 heavy (non-hydrogen) atoms. The van der Waals surface area contributed by atoms with Crippen LogP contribution in [0.15, 0.2) is 78.9 Å². The van der Waals surface area contributed by atoms with Gasteiger partial charge in [0.15, 0.2) is 5.60 Å². The molecule has 0 aliphatic carbocycles. The Hall–Kier alpha value is -3.53. The van der Waals surface area contributed by atoms with Gasteiger partial charge in [0.25, 0.3) is 5.91 Å². The molecule has 0 bridgehead atoms. The second kappa shape index (κ2) is 11.4. The van der Waals surface area contributed by atoms with Crippen molar-refractivity contribution in [1.29, 1.82) is 0 Å². The monoisotopic (exact) mass is 576 g/mol. The van der Waals surface area contributed by atoms with Crippen molar-refractivity contribution in [2.24, 2.45) is 5.92 Å². The number of fused-ring (bicyclic) bond motifs is 2. The number of anilines is 2. The van der Waals surface area contributed by atoms with E-state index in [-0.39, 0.29) is 31.4 Å². The highest BCUT2D eigenvalue weighted by molar-refractivity contribution is 6.72. The van der Waals surface area contributed by atoms with Crippen LogP contribution in [-0.2, 0) is 26.5 Å². The number of rotatable bonds is 9. The maximum atomic E-state index is 16.2. The number of aliphatic hydroxyl groups is 1. The van der Waals surface area contributed by atoms with E-state index in [4.69, 9.17) is 9.47 Å². The van der Waals surface area contributed by atoms with Crippen molar-refractivity contribution in [3.63, 3.8) is 0 Å². The Bertz CT molecular complexity index is 1400. The molecule has 2 heterocycles. The van der Waals surface area contributed by atoms with Crippen LogP contribution >= 0.6 is 0 Å². The lowest BCUT2D eigenvalue weighted by Gasteiger charge is -2.31. The summed E-state index contributed by atoms with van der Waals surface area (Å²) in [5.74, 6) is -0.531. The molecule has 0 saturated carbocycles. The molecule has 9 heteroatoms. The maximum absolute atomic E-state index is 16.2. The second-order valence-corrected chi connectivity index (χ2v) is 15.2. The number of hydrogen-bond acceptors (Lipinski definition) is 5. The largest absolute Gasteiger partial charge is 0.497 e. The molecule has 1 spiro atoms. The van der Waals surface area contributed by atoms with Gasteiger partial charge in [-0.25, -0.2) is 0 Å². The third-order valence-electron chi connectivity index (χ3n) is 8.41. The topological polar surface area (TPSA) is 79.3 Å². The van der Waals surface area contributed by atoms with E-state index in [0.717, 1.165) is 5.56 Å². The van der Waals surface area contributed by atoms with Gasteiger partial charge in [0, 0.05) is 35.8 Å². The molecule has 1 saturated heterocycles. The third-order valence-corrected chi connectivity index (χ3v) is 10.9. The van der Waals surface area contributed by atoms with Crippen LogP contribution in [0.1, 0.15) is 24.5 Å². The van der Waals surface area contributed by atoms with Crippen molar-refractivity contribution in [2.45, 2.75) is 50.2 Å². The number of carbonyl (C=O) groups excluding carboxylic acids is 2. The zero-order valence-corrected chi connectivity index (χ0v) is 24.9. The predicted molar refractivity (Wildman–Crippen MR) is 158 cm³/mol. The molecule has 7 nitrogen and oxygen atoms in total. The molecule has 0 unspecified atom stereocenters. The summed E-state index contributed by atoms with van der Waals surface area (Å²) in [5.41, 5.74) is 0.775. The van der Waals surface area contributed by atoms with Crippen molar-refractivity contribution in [3.8, 4) is 5.75 Å². The summed E-state index contributed by atoms with van der Waals surface area (Å²) in [6.45, 7) is 5.36. The number of para-hydroxylation sites is 1. The van der Waals surface area contributed by atoms with Gasteiger partial charge >= 0.3 is 0 Å².